The number of amides is 1. The number of carbonyl (C=O) groups excluding carboxylic acids is 2. The van der Waals surface area contributed by atoms with E-state index in [1.807, 2.05) is 18.2 Å². The van der Waals surface area contributed by atoms with Crippen LogP contribution in [0.4, 0.5) is 0 Å². The number of hydrogen-bond acceptors (Lipinski definition) is 5. The Morgan fingerprint density at radius 3 is 2.16 bits per heavy atom. The van der Waals surface area contributed by atoms with Gasteiger partial charge in [0.05, 0.1) is 25.8 Å². The number of nitrogens with one attached hydrogen (secondary N) is 1. The first-order valence-electron chi connectivity index (χ1n) is 7.73. The van der Waals surface area contributed by atoms with Crippen molar-refractivity contribution < 1.29 is 24.2 Å². The molecule has 0 saturated carbocycles. The summed E-state index contributed by atoms with van der Waals surface area (Å²) in [7, 11) is 2.78. The van der Waals surface area contributed by atoms with Crippen molar-refractivity contribution in [3.05, 3.63) is 71.3 Å². The van der Waals surface area contributed by atoms with Crippen LogP contribution in [-0.2, 0) is 15.1 Å². The molecular weight excluding hydrogens is 322 g/mol. The third-order valence-electron chi connectivity index (χ3n) is 3.80. The molecule has 2 aromatic rings. The van der Waals surface area contributed by atoms with Gasteiger partial charge in [-0.05, 0) is 29.8 Å². The van der Waals surface area contributed by atoms with Gasteiger partial charge in [0.25, 0.3) is 5.91 Å². The average molecular weight is 343 g/mol. The van der Waals surface area contributed by atoms with Crippen molar-refractivity contribution in [3.8, 4) is 0 Å². The number of carbonyl (C=O) groups is 2. The molecule has 0 aliphatic carbocycles. The number of ether oxygens (including phenoxy) is 2. The Balaban J connectivity index is 2.07. The molecule has 2 rings (SSSR count). The van der Waals surface area contributed by atoms with Gasteiger partial charge in [0.1, 0.15) is 5.60 Å². The molecule has 0 heterocycles. The van der Waals surface area contributed by atoms with Crippen LogP contribution in [0.3, 0.4) is 0 Å². The largest absolute Gasteiger partial charge is 0.465 e. The lowest BCUT2D eigenvalue weighted by atomic mass is 9.94. The van der Waals surface area contributed by atoms with E-state index in [1.165, 1.54) is 38.5 Å². The predicted octanol–water partition coefficient (Wildman–Crippen LogP) is 1.74. The second kappa shape index (κ2) is 8.41. The molecule has 25 heavy (non-hydrogen) atoms. The van der Waals surface area contributed by atoms with Crippen molar-refractivity contribution >= 4 is 11.9 Å². The van der Waals surface area contributed by atoms with Crippen molar-refractivity contribution in [2.75, 3.05) is 27.4 Å². The van der Waals surface area contributed by atoms with Crippen LogP contribution < -0.4 is 5.32 Å². The summed E-state index contributed by atoms with van der Waals surface area (Å²) in [6.45, 7) is 0.0288. The number of rotatable bonds is 7. The van der Waals surface area contributed by atoms with Crippen LogP contribution in [-0.4, -0.2) is 44.4 Å². The SMILES string of the molecule is COC[C@](O)(CNC(=O)c1ccc(C(=O)OC)cc1)c1ccccc1. The van der Waals surface area contributed by atoms with E-state index >= 15 is 0 Å². The van der Waals surface area contributed by atoms with Crippen molar-refractivity contribution in [3.63, 3.8) is 0 Å². The fourth-order valence-electron chi connectivity index (χ4n) is 2.43. The van der Waals surface area contributed by atoms with E-state index in [9.17, 15) is 14.7 Å². The Kier molecular flexibility index (Phi) is 6.27. The molecule has 0 fully saturated rings. The Labute approximate surface area is 146 Å². The summed E-state index contributed by atoms with van der Waals surface area (Å²) in [6, 6.07) is 15.1. The summed E-state index contributed by atoms with van der Waals surface area (Å²) in [5.41, 5.74) is 0.0513. The fraction of sp³-hybridized carbons (Fsp3) is 0.263. The highest BCUT2D eigenvalue weighted by Crippen LogP contribution is 2.20. The average Bonchev–Trinajstić information content (AvgIpc) is 2.66. The molecule has 6 nitrogen and oxygen atoms in total. The lowest BCUT2D eigenvalue weighted by Crippen LogP contribution is -2.44. The summed E-state index contributed by atoms with van der Waals surface area (Å²) in [5.74, 6) is -0.826. The summed E-state index contributed by atoms with van der Waals surface area (Å²) in [5, 5.41) is 13.5. The molecule has 132 valence electrons. The van der Waals surface area contributed by atoms with Gasteiger partial charge in [0.15, 0.2) is 0 Å². The van der Waals surface area contributed by atoms with E-state index in [0.29, 0.717) is 16.7 Å². The molecule has 0 unspecified atom stereocenters. The molecule has 6 heteroatoms. The molecular formula is C19H21NO5. The molecule has 0 radical (unpaired) electrons. The van der Waals surface area contributed by atoms with E-state index in [2.05, 4.69) is 10.1 Å². The van der Waals surface area contributed by atoms with Gasteiger partial charge in [-0.3, -0.25) is 4.79 Å². The quantitative estimate of drug-likeness (QED) is 0.748. The minimum Gasteiger partial charge on any atom is -0.465 e. The first-order chi connectivity index (χ1) is 12.0. The molecule has 2 aromatic carbocycles. The number of esters is 1. The van der Waals surface area contributed by atoms with Gasteiger partial charge >= 0.3 is 5.97 Å². The topological polar surface area (TPSA) is 84.9 Å². The van der Waals surface area contributed by atoms with Gasteiger partial charge in [0, 0.05) is 12.7 Å². The van der Waals surface area contributed by atoms with Crippen LogP contribution in [0.2, 0.25) is 0 Å². The van der Waals surface area contributed by atoms with Crippen LogP contribution in [0.15, 0.2) is 54.6 Å². The van der Waals surface area contributed by atoms with Crippen molar-refractivity contribution in [1.29, 1.82) is 0 Å². The van der Waals surface area contributed by atoms with E-state index in [-0.39, 0.29) is 19.1 Å². The van der Waals surface area contributed by atoms with Gasteiger partial charge in [-0.2, -0.15) is 0 Å². The third kappa shape index (κ3) is 4.65. The molecule has 2 N–H and O–H groups in total. The minimum atomic E-state index is -1.34. The zero-order valence-electron chi connectivity index (χ0n) is 14.2. The molecule has 0 spiro atoms. The van der Waals surface area contributed by atoms with E-state index in [0.717, 1.165) is 0 Å². The Bertz CT molecular complexity index is 714. The molecule has 0 aliphatic rings. The van der Waals surface area contributed by atoms with Crippen LogP contribution >= 0.6 is 0 Å². The lowest BCUT2D eigenvalue weighted by molar-refractivity contribution is -0.0334. The van der Waals surface area contributed by atoms with Gasteiger partial charge in [-0.15, -0.1) is 0 Å². The van der Waals surface area contributed by atoms with Gasteiger partial charge in [-0.25, -0.2) is 4.79 Å². The maximum Gasteiger partial charge on any atom is 0.337 e. The predicted molar refractivity (Wildman–Crippen MR) is 92.3 cm³/mol. The summed E-state index contributed by atoms with van der Waals surface area (Å²) in [6.07, 6.45) is 0. The molecule has 1 amide bonds. The van der Waals surface area contributed by atoms with Gasteiger partial charge in [0.2, 0.25) is 0 Å². The maximum absolute atomic E-state index is 12.3. The van der Waals surface area contributed by atoms with E-state index in [4.69, 9.17) is 4.74 Å². The first kappa shape index (κ1) is 18.6. The molecule has 0 bridgehead atoms. The normalized spacial score (nSPS) is 12.9. The molecule has 0 aromatic heterocycles. The maximum atomic E-state index is 12.3. The van der Waals surface area contributed by atoms with E-state index in [1.54, 1.807) is 12.1 Å². The lowest BCUT2D eigenvalue weighted by Gasteiger charge is -2.28. The summed E-state index contributed by atoms with van der Waals surface area (Å²) >= 11 is 0. The second-order valence-corrected chi connectivity index (χ2v) is 5.58. The van der Waals surface area contributed by atoms with Gasteiger partial charge < -0.3 is 19.9 Å². The summed E-state index contributed by atoms with van der Waals surface area (Å²) in [4.78, 5) is 23.7. The highest BCUT2D eigenvalue weighted by molar-refractivity contribution is 5.96. The van der Waals surface area contributed by atoms with Crippen LogP contribution in [0.5, 0.6) is 0 Å². The fourth-order valence-corrected chi connectivity index (χ4v) is 2.43. The smallest absolute Gasteiger partial charge is 0.337 e. The van der Waals surface area contributed by atoms with Crippen LogP contribution in [0.1, 0.15) is 26.3 Å². The second-order valence-electron chi connectivity index (χ2n) is 5.58. The highest BCUT2D eigenvalue weighted by Gasteiger charge is 2.30. The standard InChI is InChI=1S/C19H21NO5/c1-24-13-19(23,16-6-4-3-5-7-16)12-20-17(21)14-8-10-15(11-9-14)18(22)25-2/h3-11,23H,12-13H2,1-2H3,(H,20,21)/t19-/m1/s1. The Morgan fingerprint density at radius 2 is 1.60 bits per heavy atom. The Hall–Kier alpha value is -2.70. The van der Waals surface area contributed by atoms with Crippen molar-refractivity contribution in [2.24, 2.45) is 0 Å². The minimum absolute atomic E-state index is 0.0115. The Morgan fingerprint density at radius 1 is 1.00 bits per heavy atom. The zero-order valence-corrected chi connectivity index (χ0v) is 14.2. The molecule has 1 atom stereocenters. The van der Waals surface area contributed by atoms with Crippen molar-refractivity contribution in [2.45, 2.75) is 5.60 Å². The number of aliphatic hydroxyl groups is 1. The van der Waals surface area contributed by atoms with Crippen LogP contribution in [0.25, 0.3) is 0 Å². The number of benzene rings is 2. The van der Waals surface area contributed by atoms with Crippen LogP contribution in [0, 0.1) is 0 Å². The molecule has 0 saturated heterocycles. The van der Waals surface area contributed by atoms with E-state index < -0.39 is 11.6 Å². The highest BCUT2D eigenvalue weighted by atomic mass is 16.5. The number of hydrogen-bond donors (Lipinski definition) is 2. The first-order valence-corrected chi connectivity index (χ1v) is 7.73. The summed E-state index contributed by atoms with van der Waals surface area (Å²) < 4.78 is 9.72. The third-order valence-corrected chi connectivity index (χ3v) is 3.80. The zero-order chi connectivity index (χ0) is 18.3. The number of methoxy groups -OCH3 is 2. The molecule has 0 aliphatic heterocycles. The van der Waals surface area contributed by atoms with Crippen molar-refractivity contribution in [1.82, 2.24) is 5.32 Å². The van der Waals surface area contributed by atoms with Gasteiger partial charge in [-0.1, -0.05) is 30.3 Å². The monoisotopic (exact) mass is 343 g/mol.